The molecule has 6 heteroatoms. The molecule has 0 aromatic carbocycles. The van der Waals surface area contributed by atoms with E-state index in [1.807, 2.05) is 0 Å². The van der Waals surface area contributed by atoms with Gasteiger partial charge >= 0.3 is 11.9 Å². The Labute approximate surface area is 81.1 Å². The third-order valence-electron chi connectivity index (χ3n) is 1.44. The smallest absolute Gasteiger partial charge is 0.305 e. The second kappa shape index (κ2) is 4.92. The van der Waals surface area contributed by atoms with Crippen LogP contribution >= 0.6 is 0 Å². The molecule has 0 unspecified atom stereocenters. The van der Waals surface area contributed by atoms with Crippen LogP contribution in [0.4, 0.5) is 0 Å². The lowest BCUT2D eigenvalue weighted by atomic mass is 10.7. The van der Waals surface area contributed by atoms with Crippen molar-refractivity contribution in [1.82, 2.24) is 0 Å². The summed E-state index contributed by atoms with van der Waals surface area (Å²) in [6.07, 6.45) is -1.35. The maximum absolute atomic E-state index is 10.5. The Morgan fingerprint density at radius 1 is 1.36 bits per heavy atom. The number of ether oxygens (including phenoxy) is 4. The molecule has 0 radical (unpaired) electrons. The highest BCUT2D eigenvalue weighted by Gasteiger charge is 2.28. The monoisotopic (exact) mass is 204 g/mol. The lowest BCUT2D eigenvalue weighted by Crippen LogP contribution is -2.22. The molecule has 1 aliphatic rings. The quantitative estimate of drug-likeness (QED) is 0.593. The van der Waals surface area contributed by atoms with Gasteiger partial charge in [0.15, 0.2) is 6.29 Å². The van der Waals surface area contributed by atoms with E-state index in [0.29, 0.717) is 0 Å². The topological polar surface area (TPSA) is 71.1 Å². The van der Waals surface area contributed by atoms with Crippen LogP contribution in [-0.2, 0) is 28.5 Å². The number of rotatable bonds is 3. The van der Waals surface area contributed by atoms with Crippen molar-refractivity contribution in [3.05, 3.63) is 0 Å². The lowest BCUT2D eigenvalue weighted by molar-refractivity contribution is -0.183. The van der Waals surface area contributed by atoms with E-state index in [-0.39, 0.29) is 13.2 Å². The first-order chi connectivity index (χ1) is 6.58. The fourth-order valence-electron chi connectivity index (χ4n) is 0.953. The number of carbonyl (C=O) groups is 2. The van der Waals surface area contributed by atoms with Crippen molar-refractivity contribution in [2.45, 2.75) is 26.4 Å². The molecule has 1 fully saturated rings. The second-order valence-electron chi connectivity index (χ2n) is 2.74. The van der Waals surface area contributed by atoms with Crippen LogP contribution in [0.3, 0.4) is 0 Å². The Kier molecular flexibility index (Phi) is 3.84. The summed E-state index contributed by atoms with van der Waals surface area (Å²) in [4.78, 5) is 21.0. The van der Waals surface area contributed by atoms with E-state index in [1.54, 1.807) is 0 Å². The summed E-state index contributed by atoms with van der Waals surface area (Å²) in [6.45, 7) is 2.74. The molecule has 0 aliphatic carbocycles. The SMILES string of the molecule is CC(=O)OC[C@H]1OC[C@H](OC(C)=O)O1. The van der Waals surface area contributed by atoms with Crippen molar-refractivity contribution in [3.8, 4) is 0 Å². The largest absolute Gasteiger partial charge is 0.460 e. The molecule has 1 aliphatic heterocycles. The number of esters is 2. The fourth-order valence-corrected chi connectivity index (χ4v) is 0.953. The van der Waals surface area contributed by atoms with Crippen molar-refractivity contribution in [2.24, 2.45) is 0 Å². The summed E-state index contributed by atoms with van der Waals surface area (Å²) in [5.74, 6) is -0.847. The average Bonchev–Trinajstić information content (AvgIpc) is 2.47. The molecule has 1 heterocycles. The van der Waals surface area contributed by atoms with E-state index in [4.69, 9.17) is 14.2 Å². The number of hydrogen-bond donors (Lipinski definition) is 0. The molecule has 0 amide bonds. The molecule has 0 aromatic rings. The third-order valence-corrected chi connectivity index (χ3v) is 1.44. The van der Waals surface area contributed by atoms with E-state index in [0.717, 1.165) is 0 Å². The molecule has 1 saturated heterocycles. The van der Waals surface area contributed by atoms with Crippen molar-refractivity contribution in [1.29, 1.82) is 0 Å². The maximum atomic E-state index is 10.5. The van der Waals surface area contributed by atoms with E-state index in [1.165, 1.54) is 13.8 Å². The molecule has 0 saturated carbocycles. The van der Waals surface area contributed by atoms with Gasteiger partial charge in [-0.25, -0.2) is 0 Å². The normalized spacial score (nSPS) is 25.9. The minimum atomic E-state index is -0.701. The van der Waals surface area contributed by atoms with Gasteiger partial charge in [0.25, 0.3) is 0 Å². The first kappa shape index (κ1) is 10.9. The van der Waals surface area contributed by atoms with Gasteiger partial charge in [-0.05, 0) is 0 Å². The summed E-state index contributed by atoms with van der Waals surface area (Å²) in [5.41, 5.74) is 0. The molecule has 0 N–H and O–H groups in total. The van der Waals surface area contributed by atoms with Gasteiger partial charge in [-0.2, -0.15) is 0 Å². The van der Waals surface area contributed by atoms with Crippen LogP contribution in [0.2, 0.25) is 0 Å². The predicted molar refractivity (Wildman–Crippen MR) is 43.0 cm³/mol. The van der Waals surface area contributed by atoms with E-state index in [9.17, 15) is 9.59 Å². The number of hydrogen-bond acceptors (Lipinski definition) is 6. The predicted octanol–water partition coefficient (Wildman–Crippen LogP) is -0.188. The summed E-state index contributed by atoms with van der Waals surface area (Å²) >= 11 is 0. The van der Waals surface area contributed by atoms with Crippen molar-refractivity contribution in [3.63, 3.8) is 0 Å². The Balaban J connectivity index is 2.20. The molecule has 1 rings (SSSR count). The zero-order valence-electron chi connectivity index (χ0n) is 8.02. The van der Waals surface area contributed by atoms with Crippen LogP contribution in [0.1, 0.15) is 13.8 Å². The minimum absolute atomic E-state index is 0.00704. The van der Waals surface area contributed by atoms with E-state index >= 15 is 0 Å². The molecule has 14 heavy (non-hydrogen) atoms. The molecule has 2 atom stereocenters. The van der Waals surface area contributed by atoms with Crippen LogP contribution in [0.5, 0.6) is 0 Å². The molecule has 80 valence electrons. The first-order valence-electron chi connectivity index (χ1n) is 4.15. The average molecular weight is 204 g/mol. The van der Waals surface area contributed by atoms with Gasteiger partial charge in [-0.3, -0.25) is 9.59 Å². The molecule has 0 spiro atoms. The van der Waals surface area contributed by atoms with Crippen molar-refractivity contribution >= 4 is 11.9 Å². The summed E-state index contributed by atoms with van der Waals surface area (Å²) in [5, 5.41) is 0. The molecule has 0 bridgehead atoms. The minimum Gasteiger partial charge on any atom is -0.460 e. The Hall–Kier alpha value is -1.14. The van der Waals surface area contributed by atoms with Crippen molar-refractivity contribution < 1.29 is 28.5 Å². The first-order valence-corrected chi connectivity index (χ1v) is 4.15. The number of carbonyl (C=O) groups excluding carboxylic acids is 2. The van der Waals surface area contributed by atoms with Gasteiger partial charge in [0, 0.05) is 13.8 Å². The van der Waals surface area contributed by atoms with E-state index < -0.39 is 24.5 Å². The summed E-state index contributed by atoms with van der Waals surface area (Å²) in [6, 6.07) is 0. The Morgan fingerprint density at radius 3 is 2.64 bits per heavy atom. The molecule has 6 nitrogen and oxygen atoms in total. The van der Waals surface area contributed by atoms with Crippen LogP contribution in [0.15, 0.2) is 0 Å². The Bertz CT molecular complexity index is 226. The second-order valence-corrected chi connectivity index (χ2v) is 2.74. The fraction of sp³-hybridized carbons (Fsp3) is 0.750. The van der Waals surface area contributed by atoms with E-state index in [2.05, 4.69) is 4.74 Å². The Morgan fingerprint density at radius 2 is 2.07 bits per heavy atom. The van der Waals surface area contributed by atoms with Gasteiger partial charge < -0.3 is 18.9 Å². The van der Waals surface area contributed by atoms with Gasteiger partial charge in [0.1, 0.15) is 13.2 Å². The lowest BCUT2D eigenvalue weighted by Gasteiger charge is -2.10. The summed E-state index contributed by atoms with van der Waals surface area (Å²) in [7, 11) is 0. The van der Waals surface area contributed by atoms with Crippen LogP contribution < -0.4 is 0 Å². The van der Waals surface area contributed by atoms with Crippen LogP contribution in [0, 0.1) is 0 Å². The van der Waals surface area contributed by atoms with Crippen LogP contribution in [0.25, 0.3) is 0 Å². The maximum Gasteiger partial charge on any atom is 0.305 e. The van der Waals surface area contributed by atoms with Gasteiger partial charge in [-0.15, -0.1) is 0 Å². The van der Waals surface area contributed by atoms with Gasteiger partial charge in [0.2, 0.25) is 6.29 Å². The van der Waals surface area contributed by atoms with Gasteiger partial charge in [0.05, 0.1) is 0 Å². The van der Waals surface area contributed by atoms with Crippen LogP contribution in [-0.4, -0.2) is 37.7 Å². The highest BCUT2D eigenvalue weighted by molar-refractivity contribution is 5.66. The standard InChI is InChI=1S/C8H12O6/c1-5(9)11-3-7-12-4-8(14-7)13-6(2)10/h7-8H,3-4H2,1-2H3/t7-,8+/m0/s1. The molecular formula is C8H12O6. The van der Waals surface area contributed by atoms with Crippen molar-refractivity contribution in [2.75, 3.05) is 13.2 Å². The third kappa shape index (κ3) is 3.71. The zero-order chi connectivity index (χ0) is 10.6. The van der Waals surface area contributed by atoms with Gasteiger partial charge in [-0.1, -0.05) is 0 Å². The molecular weight excluding hydrogens is 192 g/mol. The molecule has 0 aromatic heterocycles. The zero-order valence-corrected chi connectivity index (χ0v) is 8.02. The highest BCUT2D eigenvalue weighted by atomic mass is 16.8. The summed E-state index contributed by atoms with van der Waals surface area (Å²) < 4.78 is 19.5. The highest BCUT2D eigenvalue weighted by Crippen LogP contribution is 2.12.